The summed E-state index contributed by atoms with van der Waals surface area (Å²) in [6.45, 7) is 7.47. The number of carbonyl (C=O) groups excluding carboxylic acids is 1. The molecule has 0 saturated heterocycles. The molecule has 1 atom stereocenters. The molecular weight excluding hydrogens is 218 g/mol. The van der Waals surface area contributed by atoms with E-state index in [-0.39, 0.29) is 18.2 Å². The first-order chi connectivity index (χ1) is 7.97. The Balaban J connectivity index is 3.82. The monoisotopic (exact) mass is 241 g/mol. The summed E-state index contributed by atoms with van der Waals surface area (Å²) in [6.07, 6.45) is 4.11. The van der Waals surface area contributed by atoms with Crippen molar-refractivity contribution in [3.05, 3.63) is 12.3 Å². The van der Waals surface area contributed by atoms with Crippen LogP contribution >= 0.6 is 0 Å². The Kier molecular flexibility index (Phi) is 8.11. The van der Waals surface area contributed by atoms with Crippen LogP contribution in [0.25, 0.3) is 0 Å². The molecule has 98 valence electrons. The maximum absolute atomic E-state index is 11.3. The highest BCUT2D eigenvalue weighted by Gasteiger charge is 2.12. The van der Waals surface area contributed by atoms with Gasteiger partial charge in [-0.1, -0.05) is 19.9 Å². The van der Waals surface area contributed by atoms with Gasteiger partial charge < -0.3 is 10.4 Å². The van der Waals surface area contributed by atoms with Crippen LogP contribution in [0.4, 0.5) is 0 Å². The van der Waals surface area contributed by atoms with E-state index in [1.807, 2.05) is 6.92 Å². The third-order valence-electron chi connectivity index (χ3n) is 2.57. The van der Waals surface area contributed by atoms with E-state index in [0.29, 0.717) is 6.42 Å². The van der Waals surface area contributed by atoms with Gasteiger partial charge in [-0.2, -0.15) is 0 Å². The number of unbranched alkanes of at least 4 members (excludes halogenated alkanes) is 1. The van der Waals surface area contributed by atoms with Gasteiger partial charge in [0.25, 0.3) is 0 Å². The normalized spacial score (nSPS) is 11.9. The molecule has 4 nitrogen and oxygen atoms in total. The molecule has 0 aliphatic carbocycles. The number of carboxylic acid groups (broad SMARTS) is 1. The number of carboxylic acids is 1. The third-order valence-corrected chi connectivity index (χ3v) is 2.57. The van der Waals surface area contributed by atoms with Gasteiger partial charge in [-0.15, -0.1) is 0 Å². The summed E-state index contributed by atoms with van der Waals surface area (Å²) in [5.74, 6) is -0.644. The van der Waals surface area contributed by atoms with E-state index in [1.54, 1.807) is 6.92 Å². The summed E-state index contributed by atoms with van der Waals surface area (Å²) in [6, 6.07) is -0.146. The molecular formula is C13H23NO3. The highest BCUT2D eigenvalue weighted by molar-refractivity contribution is 5.81. The largest absolute Gasteiger partial charge is 0.481 e. The first-order valence-electron chi connectivity index (χ1n) is 6.14. The van der Waals surface area contributed by atoms with Crippen molar-refractivity contribution in [1.29, 1.82) is 0 Å². The van der Waals surface area contributed by atoms with E-state index in [0.717, 1.165) is 31.4 Å². The molecule has 0 aliphatic heterocycles. The van der Waals surface area contributed by atoms with Gasteiger partial charge in [0.05, 0.1) is 6.04 Å². The number of allylic oxidation sites excluding steroid dienone is 1. The Morgan fingerprint density at radius 3 is 2.35 bits per heavy atom. The van der Waals surface area contributed by atoms with Crippen molar-refractivity contribution in [3.8, 4) is 0 Å². The summed E-state index contributed by atoms with van der Waals surface area (Å²) in [5, 5.41) is 11.6. The first-order valence-corrected chi connectivity index (χ1v) is 6.14. The zero-order valence-electron chi connectivity index (χ0n) is 10.8. The van der Waals surface area contributed by atoms with Crippen molar-refractivity contribution < 1.29 is 14.7 Å². The van der Waals surface area contributed by atoms with E-state index in [1.165, 1.54) is 0 Å². The summed E-state index contributed by atoms with van der Waals surface area (Å²) >= 11 is 0. The lowest BCUT2D eigenvalue weighted by molar-refractivity contribution is -0.137. The van der Waals surface area contributed by atoms with Gasteiger partial charge >= 0.3 is 5.97 Å². The number of hydrogen-bond acceptors (Lipinski definition) is 3. The summed E-state index contributed by atoms with van der Waals surface area (Å²) in [5.41, 5.74) is 0.823. The quantitative estimate of drug-likeness (QED) is 0.577. The fraction of sp³-hybridized carbons (Fsp3) is 0.692. The van der Waals surface area contributed by atoms with Gasteiger partial charge in [0.1, 0.15) is 0 Å². The van der Waals surface area contributed by atoms with Crippen molar-refractivity contribution >= 4 is 11.8 Å². The van der Waals surface area contributed by atoms with E-state index >= 15 is 0 Å². The van der Waals surface area contributed by atoms with E-state index in [9.17, 15) is 9.59 Å². The van der Waals surface area contributed by atoms with Crippen molar-refractivity contribution in [2.75, 3.05) is 0 Å². The molecule has 0 aromatic heterocycles. The number of aliphatic carboxylic acids is 1. The average Bonchev–Trinajstić information content (AvgIpc) is 2.23. The first kappa shape index (κ1) is 15.7. The van der Waals surface area contributed by atoms with Crippen LogP contribution in [0, 0.1) is 0 Å². The molecule has 0 radical (unpaired) electrons. The number of ketones is 1. The topological polar surface area (TPSA) is 66.4 Å². The molecule has 4 heteroatoms. The Bertz CT molecular complexity index is 274. The molecule has 1 unspecified atom stereocenters. The van der Waals surface area contributed by atoms with Gasteiger partial charge in [-0.3, -0.25) is 9.59 Å². The number of carbonyl (C=O) groups is 2. The highest BCUT2D eigenvalue weighted by atomic mass is 16.4. The molecule has 0 heterocycles. The fourth-order valence-electron chi connectivity index (χ4n) is 1.60. The van der Waals surface area contributed by atoms with Crippen LogP contribution in [0.3, 0.4) is 0 Å². The van der Waals surface area contributed by atoms with Crippen molar-refractivity contribution in [3.63, 3.8) is 0 Å². The van der Waals surface area contributed by atoms with Crippen LogP contribution in [0.5, 0.6) is 0 Å². The van der Waals surface area contributed by atoms with Crippen molar-refractivity contribution in [2.24, 2.45) is 0 Å². The zero-order valence-corrected chi connectivity index (χ0v) is 10.8. The molecule has 0 fully saturated rings. The molecule has 0 aromatic carbocycles. The number of rotatable bonds is 10. The molecule has 0 saturated carbocycles. The van der Waals surface area contributed by atoms with Crippen LogP contribution in [-0.2, 0) is 9.59 Å². The minimum atomic E-state index is -0.767. The average molecular weight is 241 g/mol. The SMILES string of the molecule is C=C(CCCCC(=O)O)NC(CCC)C(C)=O. The Hall–Kier alpha value is -1.32. The molecule has 0 amide bonds. The van der Waals surface area contributed by atoms with Crippen molar-refractivity contribution in [2.45, 2.75) is 58.4 Å². The van der Waals surface area contributed by atoms with Crippen molar-refractivity contribution in [1.82, 2.24) is 5.32 Å². The second-order valence-electron chi connectivity index (χ2n) is 4.30. The van der Waals surface area contributed by atoms with Crippen LogP contribution in [0.15, 0.2) is 12.3 Å². The number of hydrogen-bond donors (Lipinski definition) is 2. The summed E-state index contributed by atoms with van der Waals surface area (Å²) < 4.78 is 0. The third kappa shape index (κ3) is 8.48. The minimum Gasteiger partial charge on any atom is -0.481 e. The molecule has 17 heavy (non-hydrogen) atoms. The van der Waals surface area contributed by atoms with Crippen LogP contribution in [0.2, 0.25) is 0 Å². The lowest BCUT2D eigenvalue weighted by Gasteiger charge is -2.18. The zero-order chi connectivity index (χ0) is 13.3. The van der Waals surface area contributed by atoms with Gasteiger partial charge in [0.2, 0.25) is 0 Å². The minimum absolute atomic E-state index is 0.124. The second kappa shape index (κ2) is 8.79. The Morgan fingerprint density at radius 1 is 1.29 bits per heavy atom. The lowest BCUT2D eigenvalue weighted by atomic mass is 10.1. The molecule has 0 aliphatic rings. The highest BCUT2D eigenvalue weighted by Crippen LogP contribution is 2.08. The second-order valence-corrected chi connectivity index (χ2v) is 4.30. The predicted octanol–water partition coefficient (Wildman–Crippen LogP) is 2.49. The van der Waals surface area contributed by atoms with Gasteiger partial charge in [-0.05, 0) is 32.6 Å². The molecule has 0 aromatic rings. The van der Waals surface area contributed by atoms with Crippen LogP contribution in [-0.4, -0.2) is 22.9 Å². The van der Waals surface area contributed by atoms with Gasteiger partial charge in [0.15, 0.2) is 5.78 Å². The smallest absolute Gasteiger partial charge is 0.303 e. The van der Waals surface area contributed by atoms with Crippen LogP contribution in [0.1, 0.15) is 52.4 Å². The summed E-state index contributed by atoms with van der Waals surface area (Å²) in [7, 11) is 0. The van der Waals surface area contributed by atoms with E-state index in [2.05, 4.69) is 11.9 Å². The Morgan fingerprint density at radius 2 is 1.88 bits per heavy atom. The van der Waals surface area contributed by atoms with Gasteiger partial charge in [-0.25, -0.2) is 0 Å². The molecule has 0 rings (SSSR count). The maximum atomic E-state index is 11.3. The van der Waals surface area contributed by atoms with Gasteiger partial charge in [0, 0.05) is 12.1 Å². The van der Waals surface area contributed by atoms with Crippen LogP contribution < -0.4 is 5.32 Å². The standard InChI is InChI=1S/C13H23NO3/c1-4-7-12(11(3)15)14-10(2)8-5-6-9-13(16)17/h12,14H,2,4-9H2,1,3H3,(H,16,17). The van der Waals surface area contributed by atoms with E-state index < -0.39 is 5.97 Å². The molecule has 0 spiro atoms. The number of nitrogens with one attached hydrogen (secondary N) is 1. The Labute approximate surface area is 103 Å². The number of Topliss-reactive ketones (excluding diaryl/α,β-unsaturated/α-hetero) is 1. The fourth-order valence-corrected chi connectivity index (χ4v) is 1.60. The van der Waals surface area contributed by atoms with E-state index in [4.69, 9.17) is 5.11 Å². The summed E-state index contributed by atoms with van der Waals surface area (Å²) in [4.78, 5) is 21.6. The lowest BCUT2D eigenvalue weighted by Crippen LogP contribution is -2.34. The maximum Gasteiger partial charge on any atom is 0.303 e. The predicted molar refractivity (Wildman–Crippen MR) is 67.8 cm³/mol. The molecule has 0 bridgehead atoms. The molecule has 2 N–H and O–H groups in total.